The standard InChI is InChI=1S/C21H17FO/c22-17-9-7-15(8-10-17)21-18-4-2-1-3-16(18)13-20(14-5-6-14)19(21)11-12-23/h1-4,7-10,12-14H,5-6,11H2. The number of hydrogen-bond acceptors (Lipinski definition) is 1. The highest BCUT2D eigenvalue weighted by atomic mass is 19.1. The number of aldehydes is 1. The van der Waals surface area contributed by atoms with E-state index in [1.165, 1.54) is 35.9 Å². The molecule has 0 atom stereocenters. The minimum atomic E-state index is -0.242. The Morgan fingerprint density at radius 2 is 1.78 bits per heavy atom. The highest BCUT2D eigenvalue weighted by Crippen LogP contribution is 2.46. The van der Waals surface area contributed by atoms with Crippen LogP contribution in [-0.4, -0.2) is 6.29 Å². The number of fused-ring (bicyclic) bond motifs is 1. The monoisotopic (exact) mass is 304 g/mol. The summed E-state index contributed by atoms with van der Waals surface area (Å²) >= 11 is 0. The second-order valence-electron chi connectivity index (χ2n) is 6.19. The normalized spacial score (nSPS) is 14.1. The fourth-order valence-electron chi connectivity index (χ4n) is 3.42. The Balaban J connectivity index is 2.06. The summed E-state index contributed by atoms with van der Waals surface area (Å²) in [6, 6.07) is 17.1. The summed E-state index contributed by atoms with van der Waals surface area (Å²) in [6.07, 6.45) is 3.76. The number of hydrogen-bond donors (Lipinski definition) is 0. The van der Waals surface area contributed by atoms with Gasteiger partial charge in [0.1, 0.15) is 12.1 Å². The molecule has 3 aromatic rings. The maximum atomic E-state index is 13.3. The van der Waals surface area contributed by atoms with Crippen molar-refractivity contribution in [3.8, 4) is 11.1 Å². The van der Waals surface area contributed by atoms with Crippen LogP contribution in [0.2, 0.25) is 0 Å². The molecule has 114 valence electrons. The molecule has 0 unspecified atom stereocenters. The van der Waals surface area contributed by atoms with Crippen LogP contribution in [0.15, 0.2) is 54.6 Å². The smallest absolute Gasteiger partial charge is 0.124 e. The van der Waals surface area contributed by atoms with E-state index in [1.807, 2.05) is 24.3 Å². The molecule has 0 radical (unpaired) electrons. The van der Waals surface area contributed by atoms with E-state index >= 15 is 0 Å². The van der Waals surface area contributed by atoms with E-state index in [0.29, 0.717) is 12.3 Å². The van der Waals surface area contributed by atoms with Crippen molar-refractivity contribution in [2.45, 2.75) is 25.2 Å². The molecule has 0 N–H and O–H groups in total. The Labute approximate surface area is 134 Å². The van der Waals surface area contributed by atoms with E-state index in [0.717, 1.165) is 28.4 Å². The van der Waals surface area contributed by atoms with E-state index < -0.39 is 0 Å². The summed E-state index contributed by atoms with van der Waals surface area (Å²) in [5.74, 6) is 0.321. The van der Waals surface area contributed by atoms with Crippen LogP contribution in [0.25, 0.3) is 21.9 Å². The van der Waals surface area contributed by atoms with Gasteiger partial charge in [0.2, 0.25) is 0 Å². The van der Waals surface area contributed by atoms with E-state index in [-0.39, 0.29) is 5.82 Å². The minimum Gasteiger partial charge on any atom is -0.303 e. The van der Waals surface area contributed by atoms with Crippen LogP contribution in [0.4, 0.5) is 4.39 Å². The average molecular weight is 304 g/mol. The van der Waals surface area contributed by atoms with Gasteiger partial charge in [-0.2, -0.15) is 0 Å². The Hall–Kier alpha value is -2.48. The summed E-state index contributed by atoms with van der Waals surface area (Å²) in [6.45, 7) is 0. The van der Waals surface area contributed by atoms with E-state index in [9.17, 15) is 9.18 Å². The van der Waals surface area contributed by atoms with Crippen LogP contribution < -0.4 is 0 Å². The van der Waals surface area contributed by atoms with Crippen molar-refractivity contribution < 1.29 is 9.18 Å². The van der Waals surface area contributed by atoms with Crippen molar-refractivity contribution in [3.63, 3.8) is 0 Å². The third-order valence-electron chi connectivity index (χ3n) is 4.63. The molecular weight excluding hydrogens is 287 g/mol. The Kier molecular flexibility index (Phi) is 3.45. The summed E-state index contributed by atoms with van der Waals surface area (Å²) < 4.78 is 13.3. The fourth-order valence-corrected chi connectivity index (χ4v) is 3.42. The highest BCUT2D eigenvalue weighted by molar-refractivity contribution is 6.00. The SMILES string of the molecule is O=CCc1c(C2CC2)cc2ccccc2c1-c1ccc(F)cc1. The molecule has 1 nitrogen and oxygen atoms in total. The van der Waals surface area contributed by atoms with Crippen molar-refractivity contribution in [3.05, 3.63) is 71.5 Å². The molecule has 1 fully saturated rings. The van der Waals surface area contributed by atoms with Gasteiger partial charge in [0.15, 0.2) is 0 Å². The molecule has 3 aromatic carbocycles. The number of benzene rings is 3. The first-order valence-electron chi connectivity index (χ1n) is 8.02. The van der Waals surface area contributed by atoms with Gasteiger partial charge < -0.3 is 4.79 Å². The largest absolute Gasteiger partial charge is 0.303 e. The van der Waals surface area contributed by atoms with Gasteiger partial charge in [-0.05, 0) is 63.9 Å². The first-order valence-corrected chi connectivity index (χ1v) is 8.02. The van der Waals surface area contributed by atoms with Crippen molar-refractivity contribution in [2.24, 2.45) is 0 Å². The predicted molar refractivity (Wildman–Crippen MR) is 91.1 cm³/mol. The maximum Gasteiger partial charge on any atom is 0.124 e. The number of halogens is 1. The van der Waals surface area contributed by atoms with Crippen LogP contribution in [0.5, 0.6) is 0 Å². The van der Waals surface area contributed by atoms with Gasteiger partial charge in [0.05, 0.1) is 0 Å². The van der Waals surface area contributed by atoms with Gasteiger partial charge in [-0.1, -0.05) is 42.5 Å². The molecule has 0 spiro atoms. The zero-order valence-electron chi connectivity index (χ0n) is 12.8. The van der Waals surface area contributed by atoms with Gasteiger partial charge in [0.25, 0.3) is 0 Å². The second-order valence-corrected chi connectivity index (χ2v) is 6.19. The molecule has 0 heterocycles. The molecule has 1 saturated carbocycles. The fraction of sp³-hybridized carbons (Fsp3) is 0.190. The lowest BCUT2D eigenvalue weighted by Crippen LogP contribution is -1.99. The van der Waals surface area contributed by atoms with Crippen LogP contribution in [0, 0.1) is 5.82 Å². The molecule has 0 aliphatic heterocycles. The molecule has 0 saturated heterocycles. The summed E-state index contributed by atoms with van der Waals surface area (Å²) in [4.78, 5) is 11.3. The predicted octanol–water partition coefficient (Wildman–Crippen LogP) is 5.26. The lowest BCUT2D eigenvalue weighted by molar-refractivity contribution is -0.107. The molecule has 1 aliphatic rings. The van der Waals surface area contributed by atoms with E-state index in [4.69, 9.17) is 0 Å². The number of carbonyl (C=O) groups excluding carboxylic acids is 1. The maximum absolute atomic E-state index is 13.3. The third kappa shape index (κ3) is 2.55. The molecule has 0 amide bonds. The summed E-state index contributed by atoms with van der Waals surface area (Å²) in [5, 5.41) is 2.31. The third-order valence-corrected chi connectivity index (χ3v) is 4.63. The Morgan fingerprint density at radius 1 is 1.04 bits per heavy atom. The molecule has 0 bridgehead atoms. The number of rotatable bonds is 4. The quantitative estimate of drug-likeness (QED) is 0.600. The van der Waals surface area contributed by atoms with Gasteiger partial charge >= 0.3 is 0 Å². The van der Waals surface area contributed by atoms with Crippen molar-refractivity contribution in [1.82, 2.24) is 0 Å². The van der Waals surface area contributed by atoms with Crippen LogP contribution in [-0.2, 0) is 11.2 Å². The van der Waals surface area contributed by atoms with Gasteiger partial charge in [-0.15, -0.1) is 0 Å². The molecular formula is C21H17FO. The average Bonchev–Trinajstić information content (AvgIpc) is 3.40. The van der Waals surface area contributed by atoms with Crippen molar-refractivity contribution in [2.75, 3.05) is 0 Å². The number of carbonyl (C=O) groups is 1. The molecule has 0 aromatic heterocycles. The van der Waals surface area contributed by atoms with Crippen molar-refractivity contribution in [1.29, 1.82) is 0 Å². The van der Waals surface area contributed by atoms with Crippen LogP contribution in [0.1, 0.15) is 29.9 Å². The van der Waals surface area contributed by atoms with Crippen LogP contribution >= 0.6 is 0 Å². The summed E-state index contributed by atoms with van der Waals surface area (Å²) in [5.41, 5.74) is 4.45. The molecule has 4 rings (SSSR count). The zero-order chi connectivity index (χ0) is 15.8. The Bertz CT molecular complexity index is 876. The van der Waals surface area contributed by atoms with Crippen LogP contribution in [0.3, 0.4) is 0 Å². The van der Waals surface area contributed by atoms with Gasteiger partial charge in [-0.3, -0.25) is 0 Å². The van der Waals surface area contributed by atoms with Gasteiger partial charge in [0, 0.05) is 6.42 Å². The lowest BCUT2D eigenvalue weighted by Gasteiger charge is -2.17. The first-order chi connectivity index (χ1) is 11.3. The Morgan fingerprint density at radius 3 is 2.48 bits per heavy atom. The van der Waals surface area contributed by atoms with E-state index in [2.05, 4.69) is 18.2 Å². The highest BCUT2D eigenvalue weighted by Gasteiger charge is 2.28. The lowest BCUT2D eigenvalue weighted by atomic mass is 9.87. The zero-order valence-corrected chi connectivity index (χ0v) is 12.8. The molecule has 1 aliphatic carbocycles. The minimum absolute atomic E-state index is 0.242. The second kappa shape index (κ2) is 5.62. The van der Waals surface area contributed by atoms with Gasteiger partial charge in [-0.25, -0.2) is 4.39 Å². The van der Waals surface area contributed by atoms with E-state index in [1.54, 1.807) is 0 Å². The first kappa shape index (κ1) is 14.1. The van der Waals surface area contributed by atoms with Crippen molar-refractivity contribution >= 4 is 17.1 Å². The molecule has 2 heteroatoms. The topological polar surface area (TPSA) is 17.1 Å². The summed E-state index contributed by atoms with van der Waals surface area (Å²) in [7, 11) is 0. The molecule has 23 heavy (non-hydrogen) atoms.